The maximum atomic E-state index is 11.6. The van der Waals surface area contributed by atoms with Crippen LogP contribution in [-0.4, -0.2) is 22.4 Å². The normalized spacial score (nSPS) is 10.3. The second kappa shape index (κ2) is 5.56. The van der Waals surface area contributed by atoms with Gasteiger partial charge in [0.15, 0.2) is 5.78 Å². The number of hydrogen-bond acceptors (Lipinski definition) is 4. The summed E-state index contributed by atoms with van der Waals surface area (Å²) in [6.07, 6.45) is 3.55. The Kier molecular flexibility index (Phi) is 3.85. The largest absolute Gasteiger partial charge is 0.497 e. The molecule has 0 atom stereocenters. The van der Waals surface area contributed by atoms with Crippen molar-refractivity contribution in [3.63, 3.8) is 0 Å². The van der Waals surface area contributed by atoms with Crippen molar-refractivity contribution in [1.29, 1.82) is 0 Å². The average Bonchev–Trinajstić information content (AvgIpc) is 2.81. The molecule has 0 radical (unpaired) electrons. The lowest BCUT2D eigenvalue weighted by Gasteiger charge is -2.11. The summed E-state index contributed by atoms with van der Waals surface area (Å²) in [5, 5.41) is 0. The van der Waals surface area contributed by atoms with Crippen LogP contribution in [0.15, 0.2) is 30.6 Å². The Morgan fingerprint density at radius 2 is 2.21 bits per heavy atom. The van der Waals surface area contributed by atoms with Crippen LogP contribution in [0.4, 0.5) is 0 Å². The van der Waals surface area contributed by atoms with Gasteiger partial charge in [0, 0.05) is 25.5 Å². The van der Waals surface area contributed by atoms with E-state index in [-0.39, 0.29) is 5.78 Å². The Hall–Kier alpha value is -2.30. The summed E-state index contributed by atoms with van der Waals surface area (Å²) in [6, 6.07) is 5.15. The Morgan fingerprint density at radius 1 is 1.42 bits per heavy atom. The van der Waals surface area contributed by atoms with Crippen LogP contribution in [-0.2, 0) is 13.7 Å². The molecule has 0 bridgehead atoms. The van der Waals surface area contributed by atoms with Crippen LogP contribution in [0.1, 0.15) is 23.1 Å². The maximum Gasteiger partial charge on any atom is 0.163 e. The van der Waals surface area contributed by atoms with Gasteiger partial charge >= 0.3 is 0 Å². The van der Waals surface area contributed by atoms with Crippen LogP contribution >= 0.6 is 0 Å². The lowest BCUT2D eigenvalue weighted by atomic mass is 10.1. The van der Waals surface area contributed by atoms with E-state index in [0.717, 1.165) is 5.82 Å². The third-order valence-electron chi connectivity index (χ3n) is 2.85. The minimum atomic E-state index is -0.0440. The number of hydrogen-bond donors (Lipinski definition) is 0. The van der Waals surface area contributed by atoms with E-state index in [4.69, 9.17) is 9.47 Å². The first-order valence-corrected chi connectivity index (χ1v) is 5.90. The van der Waals surface area contributed by atoms with Crippen LogP contribution in [0.5, 0.6) is 11.5 Å². The summed E-state index contributed by atoms with van der Waals surface area (Å²) in [6.45, 7) is 1.81. The molecule has 1 heterocycles. The number of imidazole rings is 1. The molecule has 0 amide bonds. The van der Waals surface area contributed by atoms with Crippen molar-refractivity contribution in [1.82, 2.24) is 9.55 Å². The Morgan fingerprint density at radius 3 is 2.79 bits per heavy atom. The van der Waals surface area contributed by atoms with Gasteiger partial charge in [-0.1, -0.05) is 0 Å². The molecule has 0 spiro atoms. The van der Waals surface area contributed by atoms with Gasteiger partial charge < -0.3 is 14.0 Å². The number of carbonyl (C=O) groups excluding carboxylic acids is 1. The summed E-state index contributed by atoms with van der Waals surface area (Å²) < 4.78 is 12.7. The number of nitrogens with zero attached hydrogens (tertiary/aromatic N) is 2. The van der Waals surface area contributed by atoms with E-state index < -0.39 is 0 Å². The second-order valence-electron chi connectivity index (χ2n) is 4.16. The standard InChI is InChI=1S/C14H16N2O3/c1-10(17)12-5-4-11(18-3)8-13(12)19-9-14-15-6-7-16(14)2/h4-8H,9H2,1-3H3. The molecule has 0 aliphatic carbocycles. The zero-order valence-corrected chi connectivity index (χ0v) is 11.2. The summed E-state index contributed by atoms with van der Waals surface area (Å²) >= 11 is 0. The number of benzene rings is 1. The lowest BCUT2D eigenvalue weighted by molar-refractivity contribution is 0.101. The molecule has 2 aromatic rings. The van der Waals surface area contributed by atoms with E-state index in [0.29, 0.717) is 23.7 Å². The fraction of sp³-hybridized carbons (Fsp3) is 0.286. The van der Waals surface area contributed by atoms with Crippen molar-refractivity contribution in [3.8, 4) is 11.5 Å². The van der Waals surface area contributed by atoms with Crippen LogP contribution in [0, 0.1) is 0 Å². The molecule has 0 aliphatic heterocycles. The Labute approximate surface area is 111 Å². The number of carbonyl (C=O) groups is 1. The van der Waals surface area contributed by atoms with E-state index in [2.05, 4.69) is 4.98 Å². The summed E-state index contributed by atoms with van der Waals surface area (Å²) in [7, 11) is 3.47. The lowest BCUT2D eigenvalue weighted by Crippen LogP contribution is -2.06. The molecule has 0 fully saturated rings. The van der Waals surface area contributed by atoms with Crippen LogP contribution in [0.2, 0.25) is 0 Å². The second-order valence-corrected chi connectivity index (χ2v) is 4.16. The van der Waals surface area contributed by atoms with Gasteiger partial charge in [-0.15, -0.1) is 0 Å². The van der Waals surface area contributed by atoms with Crippen molar-refractivity contribution in [2.45, 2.75) is 13.5 Å². The van der Waals surface area contributed by atoms with E-state index in [1.165, 1.54) is 6.92 Å². The topological polar surface area (TPSA) is 53.4 Å². The third kappa shape index (κ3) is 2.93. The minimum absolute atomic E-state index is 0.0440. The number of rotatable bonds is 5. The molecule has 0 saturated heterocycles. The van der Waals surface area contributed by atoms with Crippen molar-refractivity contribution >= 4 is 5.78 Å². The zero-order chi connectivity index (χ0) is 13.8. The van der Waals surface area contributed by atoms with Crippen molar-refractivity contribution in [2.75, 3.05) is 7.11 Å². The highest BCUT2D eigenvalue weighted by Crippen LogP contribution is 2.25. The van der Waals surface area contributed by atoms with Gasteiger partial charge in [0.2, 0.25) is 0 Å². The summed E-state index contributed by atoms with van der Waals surface area (Å²) in [5.74, 6) is 1.91. The van der Waals surface area contributed by atoms with Crippen molar-refractivity contribution < 1.29 is 14.3 Å². The van der Waals surface area contributed by atoms with E-state index in [1.54, 1.807) is 31.5 Å². The van der Waals surface area contributed by atoms with Gasteiger partial charge in [-0.3, -0.25) is 4.79 Å². The number of aromatic nitrogens is 2. The van der Waals surface area contributed by atoms with Gasteiger partial charge in [-0.05, 0) is 19.1 Å². The summed E-state index contributed by atoms with van der Waals surface area (Å²) in [5.41, 5.74) is 0.537. The zero-order valence-electron chi connectivity index (χ0n) is 11.2. The predicted molar refractivity (Wildman–Crippen MR) is 70.5 cm³/mol. The fourth-order valence-corrected chi connectivity index (χ4v) is 1.72. The van der Waals surface area contributed by atoms with Gasteiger partial charge in [0.25, 0.3) is 0 Å². The minimum Gasteiger partial charge on any atom is -0.497 e. The SMILES string of the molecule is COc1ccc(C(C)=O)c(OCc2nccn2C)c1. The molecule has 0 N–H and O–H groups in total. The van der Waals surface area contributed by atoms with E-state index in [1.807, 2.05) is 17.8 Å². The quantitative estimate of drug-likeness (QED) is 0.773. The number of Topliss-reactive ketones (excluding diaryl/α,β-unsaturated/α-hetero) is 1. The first-order valence-electron chi connectivity index (χ1n) is 5.90. The molecular weight excluding hydrogens is 244 g/mol. The Balaban J connectivity index is 2.22. The molecule has 2 rings (SSSR count). The molecule has 1 aromatic heterocycles. The van der Waals surface area contributed by atoms with Gasteiger partial charge in [0.05, 0.1) is 12.7 Å². The molecule has 100 valence electrons. The van der Waals surface area contributed by atoms with Gasteiger partial charge in [-0.2, -0.15) is 0 Å². The predicted octanol–water partition coefficient (Wildman–Crippen LogP) is 2.21. The van der Waals surface area contributed by atoms with Crippen LogP contribution in [0.25, 0.3) is 0 Å². The number of ether oxygens (including phenoxy) is 2. The van der Waals surface area contributed by atoms with Crippen molar-refractivity contribution in [3.05, 3.63) is 42.0 Å². The average molecular weight is 260 g/mol. The highest BCUT2D eigenvalue weighted by Gasteiger charge is 2.11. The molecular formula is C14H16N2O3. The van der Waals surface area contributed by atoms with Crippen molar-refractivity contribution in [2.24, 2.45) is 7.05 Å². The molecule has 5 heteroatoms. The fourth-order valence-electron chi connectivity index (χ4n) is 1.72. The summed E-state index contributed by atoms with van der Waals surface area (Å²) in [4.78, 5) is 15.7. The van der Waals surface area contributed by atoms with Crippen LogP contribution in [0.3, 0.4) is 0 Å². The maximum absolute atomic E-state index is 11.6. The highest BCUT2D eigenvalue weighted by atomic mass is 16.5. The molecule has 5 nitrogen and oxygen atoms in total. The molecule has 0 unspecified atom stereocenters. The van der Waals surface area contributed by atoms with E-state index in [9.17, 15) is 4.79 Å². The molecule has 0 saturated carbocycles. The molecule has 0 aliphatic rings. The number of aryl methyl sites for hydroxylation is 1. The molecule has 19 heavy (non-hydrogen) atoms. The highest BCUT2D eigenvalue weighted by molar-refractivity contribution is 5.97. The first-order chi connectivity index (χ1) is 9.11. The number of ketones is 1. The smallest absolute Gasteiger partial charge is 0.163 e. The van der Waals surface area contributed by atoms with Gasteiger partial charge in [0.1, 0.15) is 23.9 Å². The Bertz CT molecular complexity index is 590. The monoisotopic (exact) mass is 260 g/mol. The third-order valence-corrected chi connectivity index (χ3v) is 2.85. The number of methoxy groups -OCH3 is 1. The first kappa shape index (κ1) is 13.1. The van der Waals surface area contributed by atoms with E-state index >= 15 is 0 Å². The van der Waals surface area contributed by atoms with Crippen LogP contribution < -0.4 is 9.47 Å². The molecule has 1 aromatic carbocycles. The van der Waals surface area contributed by atoms with Gasteiger partial charge in [-0.25, -0.2) is 4.98 Å².